The monoisotopic (exact) mass is 445 g/mol. The van der Waals surface area contributed by atoms with E-state index >= 15 is 0 Å². The van der Waals surface area contributed by atoms with Gasteiger partial charge in [-0.05, 0) is 30.3 Å². The molecule has 12 heteroatoms. The summed E-state index contributed by atoms with van der Waals surface area (Å²) in [5.41, 5.74) is 1.08. The van der Waals surface area contributed by atoms with Crippen molar-refractivity contribution in [2.24, 2.45) is 0 Å². The standard InChI is InChI=1S/C19H19N5O6S/c25-18(12-30-19(26)14-4-5-17-22-20-13-23(17)11-14)21-15-2-1-3-16(10-15)31(27,28)24-6-8-29-9-7-24/h1-5,10-11,13H,6-9,12H2,(H,21,25). The second-order valence-corrected chi connectivity index (χ2v) is 8.62. The molecule has 11 nitrogen and oxygen atoms in total. The van der Waals surface area contributed by atoms with Crippen molar-refractivity contribution in [2.75, 3.05) is 38.2 Å². The number of benzene rings is 1. The van der Waals surface area contributed by atoms with E-state index in [0.29, 0.717) is 18.9 Å². The first-order valence-electron chi connectivity index (χ1n) is 9.38. The summed E-state index contributed by atoms with van der Waals surface area (Å²) in [6.45, 7) is 0.696. The van der Waals surface area contributed by atoms with Crippen LogP contribution in [0.4, 0.5) is 5.69 Å². The number of morpholine rings is 1. The summed E-state index contributed by atoms with van der Waals surface area (Å²) in [5, 5.41) is 10.1. The first-order valence-corrected chi connectivity index (χ1v) is 10.8. The van der Waals surface area contributed by atoms with Crippen molar-refractivity contribution in [1.29, 1.82) is 0 Å². The number of sulfonamides is 1. The summed E-state index contributed by atoms with van der Waals surface area (Å²) >= 11 is 0. The number of rotatable bonds is 6. The van der Waals surface area contributed by atoms with Gasteiger partial charge in [-0.3, -0.25) is 9.20 Å². The molecule has 0 spiro atoms. The van der Waals surface area contributed by atoms with Gasteiger partial charge in [-0.25, -0.2) is 13.2 Å². The van der Waals surface area contributed by atoms with Crippen LogP contribution in [0, 0.1) is 0 Å². The zero-order valence-corrected chi connectivity index (χ0v) is 17.1. The van der Waals surface area contributed by atoms with Gasteiger partial charge in [0.25, 0.3) is 5.91 Å². The zero-order chi connectivity index (χ0) is 21.8. The molecule has 1 amide bonds. The Kier molecular flexibility index (Phi) is 5.93. The van der Waals surface area contributed by atoms with E-state index in [2.05, 4.69) is 15.5 Å². The number of aromatic nitrogens is 3. The maximum Gasteiger partial charge on any atom is 0.340 e. The van der Waals surface area contributed by atoms with Crippen molar-refractivity contribution in [3.8, 4) is 0 Å². The summed E-state index contributed by atoms with van der Waals surface area (Å²) < 4.78 is 38.6. The maximum atomic E-state index is 12.7. The van der Waals surface area contributed by atoms with Crippen LogP contribution >= 0.6 is 0 Å². The van der Waals surface area contributed by atoms with Crippen LogP contribution in [0.15, 0.2) is 53.8 Å². The molecule has 0 aliphatic carbocycles. The minimum atomic E-state index is -3.69. The Morgan fingerprint density at radius 2 is 1.97 bits per heavy atom. The fraction of sp³-hybridized carbons (Fsp3) is 0.263. The summed E-state index contributed by atoms with van der Waals surface area (Å²) in [5.74, 6) is -1.28. The number of hydrogen-bond acceptors (Lipinski definition) is 8. The number of nitrogens with one attached hydrogen (secondary N) is 1. The molecule has 1 fully saturated rings. The number of ether oxygens (including phenoxy) is 2. The molecule has 4 rings (SSSR count). The van der Waals surface area contributed by atoms with Crippen LogP contribution in [0.1, 0.15) is 10.4 Å². The molecule has 1 aliphatic rings. The molecule has 1 N–H and O–H groups in total. The summed E-state index contributed by atoms with van der Waals surface area (Å²) in [4.78, 5) is 24.4. The van der Waals surface area contributed by atoms with Gasteiger partial charge in [0.15, 0.2) is 12.3 Å². The number of anilines is 1. The van der Waals surface area contributed by atoms with Gasteiger partial charge in [0, 0.05) is 25.0 Å². The van der Waals surface area contributed by atoms with Crippen LogP contribution in [0.25, 0.3) is 5.65 Å². The molecule has 1 saturated heterocycles. The average Bonchev–Trinajstić information content (AvgIpc) is 3.26. The first-order chi connectivity index (χ1) is 14.9. The minimum absolute atomic E-state index is 0.0615. The van der Waals surface area contributed by atoms with Gasteiger partial charge in [0.2, 0.25) is 10.0 Å². The highest BCUT2D eigenvalue weighted by atomic mass is 32.2. The van der Waals surface area contributed by atoms with Crippen LogP contribution in [-0.2, 0) is 24.3 Å². The van der Waals surface area contributed by atoms with E-state index in [1.165, 1.54) is 41.1 Å². The molecular weight excluding hydrogens is 426 g/mol. The Morgan fingerprint density at radius 1 is 1.16 bits per heavy atom. The van der Waals surface area contributed by atoms with Crippen molar-refractivity contribution < 1.29 is 27.5 Å². The second-order valence-electron chi connectivity index (χ2n) is 6.68. The highest BCUT2D eigenvalue weighted by Gasteiger charge is 2.26. The van der Waals surface area contributed by atoms with Crippen LogP contribution in [0.5, 0.6) is 0 Å². The predicted molar refractivity (Wildman–Crippen MR) is 108 cm³/mol. The van der Waals surface area contributed by atoms with E-state index in [1.54, 1.807) is 16.5 Å². The third-order valence-electron chi connectivity index (χ3n) is 4.59. The fourth-order valence-corrected chi connectivity index (χ4v) is 4.48. The lowest BCUT2D eigenvalue weighted by Gasteiger charge is -2.26. The quantitative estimate of drug-likeness (QED) is 0.544. The van der Waals surface area contributed by atoms with Gasteiger partial charge >= 0.3 is 5.97 Å². The van der Waals surface area contributed by atoms with E-state index in [0.717, 1.165) is 0 Å². The molecule has 0 atom stereocenters. The van der Waals surface area contributed by atoms with Crippen molar-refractivity contribution in [2.45, 2.75) is 4.90 Å². The Hall–Kier alpha value is -3.35. The Morgan fingerprint density at radius 3 is 2.77 bits per heavy atom. The summed E-state index contributed by atoms with van der Waals surface area (Å²) in [6.07, 6.45) is 2.94. The molecule has 162 valence electrons. The normalized spacial score (nSPS) is 15.0. The zero-order valence-electron chi connectivity index (χ0n) is 16.3. The highest BCUT2D eigenvalue weighted by Crippen LogP contribution is 2.20. The van der Waals surface area contributed by atoms with Crippen LogP contribution in [-0.4, -0.2) is 72.1 Å². The average molecular weight is 445 g/mol. The van der Waals surface area contributed by atoms with Crippen LogP contribution < -0.4 is 5.32 Å². The van der Waals surface area contributed by atoms with Crippen molar-refractivity contribution >= 4 is 33.2 Å². The number of carbonyl (C=O) groups excluding carboxylic acids is 2. The molecular formula is C19H19N5O6S. The highest BCUT2D eigenvalue weighted by molar-refractivity contribution is 7.89. The Balaban J connectivity index is 1.37. The summed E-state index contributed by atoms with van der Waals surface area (Å²) in [7, 11) is -3.69. The molecule has 0 radical (unpaired) electrons. The molecule has 1 aromatic carbocycles. The Labute approximate surface area is 177 Å². The number of fused-ring (bicyclic) bond motifs is 1. The number of hydrogen-bond donors (Lipinski definition) is 1. The lowest BCUT2D eigenvalue weighted by Crippen LogP contribution is -2.40. The third-order valence-corrected chi connectivity index (χ3v) is 6.48. The van der Waals surface area contributed by atoms with Gasteiger partial charge in [-0.15, -0.1) is 10.2 Å². The number of amides is 1. The van der Waals surface area contributed by atoms with E-state index < -0.39 is 28.5 Å². The van der Waals surface area contributed by atoms with Crippen molar-refractivity contribution in [3.63, 3.8) is 0 Å². The number of esters is 1. The van der Waals surface area contributed by atoms with E-state index in [-0.39, 0.29) is 29.2 Å². The van der Waals surface area contributed by atoms with Gasteiger partial charge in [-0.1, -0.05) is 6.07 Å². The second kappa shape index (κ2) is 8.79. The van der Waals surface area contributed by atoms with Gasteiger partial charge < -0.3 is 14.8 Å². The number of pyridine rings is 1. The van der Waals surface area contributed by atoms with Gasteiger partial charge in [0.05, 0.1) is 23.7 Å². The maximum absolute atomic E-state index is 12.7. The molecule has 3 heterocycles. The molecule has 2 aromatic heterocycles. The number of carbonyl (C=O) groups is 2. The SMILES string of the molecule is O=C(COC(=O)c1ccc2nncn2c1)Nc1cccc(S(=O)(=O)N2CCOCC2)c1. The predicted octanol–water partition coefficient (Wildman–Crippen LogP) is 0.546. The van der Waals surface area contributed by atoms with Gasteiger partial charge in [-0.2, -0.15) is 4.31 Å². The molecule has 3 aromatic rings. The molecule has 1 aliphatic heterocycles. The van der Waals surface area contributed by atoms with Crippen LogP contribution in [0.3, 0.4) is 0 Å². The Bertz CT molecular complexity index is 1220. The van der Waals surface area contributed by atoms with Crippen LogP contribution in [0.2, 0.25) is 0 Å². The fourth-order valence-electron chi connectivity index (χ4n) is 3.03. The third kappa shape index (κ3) is 4.71. The molecule has 0 saturated carbocycles. The largest absolute Gasteiger partial charge is 0.452 e. The van der Waals surface area contributed by atoms with Crippen molar-refractivity contribution in [3.05, 3.63) is 54.5 Å². The van der Waals surface area contributed by atoms with E-state index in [4.69, 9.17) is 9.47 Å². The topological polar surface area (TPSA) is 132 Å². The first kappa shape index (κ1) is 20.9. The van der Waals surface area contributed by atoms with Crippen molar-refractivity contribution in [1.82, 2.24) is 18.9 Å². The number of nitrogens with zero attached hydrogens (tertiary/aromatic N) is 4. The van der Waals surface area contributed by atoms with Gasteiger partial charge in [0.1, 0.15) is 6.33 Å². The minimum Gasteiger partial charge on any atom is -0.452 e. The smallest absolute Gasteiger partial charge is 0.340 e. The molecule has 31 heavy (non-hydrogen) atoms. The summed E-state index contributed by atoms with van der Waals surface area (Å²) in [6, 6.07) is 9.03. The lowest BCUT2D eigenvalue weighted by molar-refractivity contribution is -0.119. The van der Waals surface area contributed by atoms with E-state index in [9.17, 15) is 18.0 Å². The lowest BCUT2D eigenvalue weighted by atomic mass is 10.3. The molecule has 0 unspecified atom stereocenters. The van der Waals surface area contributed by atoms with E-state index in [1.807, 2.05) is 0 Å². The molecule has 0 bridgehead atoms.